The molecular formula is C21H25FN4O3S2. The summed E-state index contributed by atoms with van der Waals surface area (Å²) in [7, 11) is -4.16. The fraction of sp³-hybridized carbons (Fsp3) is 0.333. The number of aromatic nitrogens is 2. The third kappa shape index (κ3) is 6.05. The van der Waals surface area contributed by atoms with Gasteiger partial charge in [0, 0.05) is 13.1 Å². The summed E-state index contributed by atoms with van der Waals surface area (Å²) in [4.78, 5) is 16.5. The Kier molecular flexibility index (Phi) is 8.05. The molecule has 0 aliphatic carbocycles. The lowest BCUT2D eigenvalue weighted by Gasteiger charge is -2.18. The molecule has 166 valence electrons. The first-order valence-corrected chi connectivity index (χ1v) is 12.7. The van der Waals surface area contributed by atoms with E-state index in [1.54, 1.807) is 6.33 Å². The van der Waals surface area contributed by atoms with Crippen LogP contribution in [-0.2, 0) is 21.4 Å². The second kappa shape index (κ2) is 10.7. The summed E-state index contributed by atoms with van der Waals surface area (Å²) in [6.45, 7) is 1.04. The SMILES string of the molecule is CSCCC(NS(=O)(=O)c1ccccc1F)C(=O)NCCCn1cnc2ccccc21. The first-order chi connectivity index (χ1) is 14.9. The van der Waals surface area contributed by atoms with Gasteiger partial charge in [0.1, 0.15) is 16.8 Å². The van der Waals surface area contributed by atoms with Crippen molar-refractivity contribution in [2.45, 2.75) is 30.3 Å². The van der Waals surface area contributed by atoms with Gasteiger partial charge in [-0.3, -0.25) is 4.79 Å². The molecule has 2 N–H and O–H groups in total. The third-order valence-corrected chi connectivity index (χ3v) is 6.90. The number of thioether (sulfide) groups is 1. The maximum atomic E-state index is 14.0. The van der Waals surface area contributed by atoms with E-state index in [9.17, 15) is 17.6 Å². The van der Waals surface area contributed by atoms with Gasteiger partial charge in [-0.25, -0.2) is 17.8 Å². The summed E-state index contributed by atoms with van der Waals surface area (Å²) >= 11 is 1.50. The van der Waals surface area contributed by atoms with Crippen LogP contribution in [0.25, 0.3) is 11.0 Å². The van der Waals surface area contributed by atoms with Crippen molar-refractivity contribution < 1.29 is 17.6 Å². The van der Waals surface area contributed by atoms with Crippen molar-refractivity contribution in [1.29, 1.82) is 0 Å². The van der Waals surface area contributed by atoms with Crippen LogP contribution in [0, 0.1) is 5.82 Å². The predicted octanol–water partition coefficient (Wildman–Crippen LogP) is 2.78. The van der Waals surface area contributed by atoms with Gasteiger partial charge in [0.15, 0.2) is 0 Å². The Morgan fingerprint density at radius 1 is 1.19 bits per heavy atom. The van der Waals surface area contributed by atoms with E-state index < -0.39 is 32.7 Å². The van der Waals surface area contributed by atoms with Gasteiger partial charge in [-0.1, -0.05) is 24.3 Å². The minimum Gasteiger partial charge on any atom is -0.355 e. The molecule has 0 fully saturated rings. The minimum absolute atomic E-state index is 0.298. The van der Waals surface area contributed by atoms with E-state index in [2.05, 4.69) is 15.0 Å². The Balaban J connectivity index is 1.58. The van der Waals surface area contributed by atoms with Crippen molar-refractivity contribution >= 4 is 38.7 Å². The number of carbonyl (C=O) groups is 1. The number of halogens is 1. The van der Waals surface area contributed by atoms with Crippen LogP contribution in [0.1, 0.15) is 12.8 Å². The summed E-state index contributed by atoms with van der Waals surface area (Å²) in [5, 5.41) is 2.79. The molecular weight excluding hydrogens is 439 g/mol. The number of carbonyl (C=O) groups excluding carboxylic acids is 1. The van der Waals surface area contributed by atoms with Crippen molar-refractivity contribution in [2.24, 2.45) is 0 Å². The first kappa shape index (κ1) is 23.2. The van der Waals surface area contributed by atoms with Crippen molar-refractivity contribution in [3.63, 3.8) is 0 Å². The van der Waals surface area contributed by atoms with Gasteiger partial charge in [-0.05, 0) is 49.1 Å². The molecule has 3 aromatic rings. The number of nitrogens with one attached hydrogen (secondary N) is 2. The number of benzene rings is 2. The van der Waals surface area contributed by atoms with Crippen molar-refractivity contribution in [3.8, 4) is 0 Å². The van der Waals surface area contributed by atoms with Gasteiger partial charge in [0.25, 0.3) is 0 Å². The molecule has 0 aliphatic heterocycles. The molecule has 1 unspecified atom stereocenters. The number of sulfonamides is 1. The summed E-state index contributed by atoms with van der Waals surface area (Å²) in [6.07, 6.45) is 4.58. The predicted molar refractivity (Wildman–Crippen MR) is 121 cm³/mol. The summed E-state index contributed by atoms with van der Waals surface area (Å²) in [5.74, 6) is -0.699. The molecule has 0 radical (unpaired) electrons. The van der Waals surface area contributed by atoms with Crippen LogP contribution in [-0.4, -0.2) is 48.5 Å². The zero-order valence-electron chi connectivity index (χ0n) is 17.1. The van der Waals surface area contributed by atoms with Gasteiger partial charge in [0.05, 0.1) is 17.4 Å². The maximum absolute atomic E-state index is 14.0. The molecule has 10 heteroatoms. The summed E-state index contributed by atoms with van der Waals surface area (Å²) in [5.41, 5.74) is 1.93. The first-order valence-electron chi connectivity index (χ1n) is 9.86. The van der Waals surface area contributed by atoms with Crippen molar-refractivity contribution in [3.05, 3.63) is 60.7 Å². The van der Waals surface area contributed by atoms with E-state index in [-0.39, 0.29) is 0 Å². The van der Waals surface area contributed by atoms with Crippen LogP contribution >= 0.6 is 11.8 Å². The van der Waals surface area contributed by atoms with Gasteiger partial charge < -0.3 is 9.88 Å². The third-order valence-electron chi connectivity index (χ3n) is 4.75. The zero-order chi connectivity index (χ0) is 22.3. The highest BCUT2D eigenvalue weighted by atomic mass is 32.2. The number of aryl methyl sites for hydroxylation is 1. The molecule has 0 saturated heterocycles. The molecule has 31 heavy (non-hydrogen) atoms. The number of amides is 1. The monoisotopic (exact) mass is 464 g/mol. The number of rotatable bonds is 11. The largest absolute Gasteiger partial charge is 0.355 e. The lowest BCUT2D eigenvalue weighted by atomic mass is 10.2. The highest BCUT2D eigenvalue weighted by molar-refractivity contribution is 7.98. The zero-order valence-corrected chi connectivity index (χ0v) is 18.8. The molecule has 0 bridgehead atoms. The van der Waals surface area contributed by atoms with Crippen LogP contribution in [0.4, 0.5) is 4.39 Å². The quantitative estimate of drug-likeness (QED) is 0.426. The van der Waals surface area contributed by atoms with Crippen LogP contribution in [0.2, 0.25) is 0 Å². The molecule has 1 aromatic heterocycles. The second-order valence-corrected chi connectivity index (χ2v) is 9.63. The minimum atomic E-state index is -4.16. The van der Waals surface area contributed by atoms with E-state index in [1.165, 1.54) is 30.0 Å². The molecule has 0 spiro atoms. The van der Waals surface area contributed by atoms with E-state index in [4.69, 9.17) is 0 Å². The Labute approximate surface area is 185 Å². The normalized spacial score (nSPS) is 12.7. The average Bonchev–Trinajstić information content (AvgIpc) is 3.17. The van der Waals surface area contributed by atoms with Crippen LogP contribution in [0.5, 0.6) is 0 Å². The fourth-order valence-corrected chi connectivity index (χ4v) is 4.95. The lowest BCUT2D eigenvalue weighted by molar-refractivity contribution is -0.122. The van der Waals surface area contributed by atoms with E-state index in [0.717, 1.165) is 17.1 Å². The number of para-hydroxylation sites is 2. The molecule has 7 nitrogen and oxygen atoms in total. The van der Waals surface area contributed by atoms with Crippen molar-refractivity contribution in [2.75, 3.05) is 18.6 Å². The highest BCUT2D eigenvalue weighted by Gasteiger charge is 2.27. The molecule has 2 aromatic carbocycles. The standard InChI is InChI=1S/C21H25FN4O3S2/c1-30-14-11-18(25-31(28,29)20-10-5-2-7-16(20)22)21(27)23-12-6-13-26-15-24-17-8-3-4-9-19(17)26/h2-5,7-10,15,18,25H,6,11-14H2,1H3,(H,23,27). The average molecular weight is 465 g/mol. The lowest BCUT2D eigenvalue weighted by Crippen LogP contribution is -2.47. The van der Waals surface area contributed by atoms with E-state index in [0.29, 0.717) is 31.7 Å². The topological polar surface area (TPSA) is 93.1 Å². The molecule has 0 saturated carbocycles. The highest BCUT2D eigenvalue weighted by Crippen LogP contribution is 2.15. The number of hydrogen-bond donors (Lipinski definition) is 2. The van der Waals surface area contributed by atoms with Crippen LogP contribution < -0.4 is 10.0 Å². The van der Waals surface area contributed by atoms with E-state index in [1.807, 2.05) is 35.1 Å². The Bertz CT molecular complexity index is 1130. The molecule has 1 amide bonds. The van der Waals surface area contributed by atoms with Gasteiger partial charge in [0.2, 0.25) is 15.9 Å². The Hall–Kier alpha value is -2.43. The van der Waals surface area contributed by atoms with Gasteiger partial charge in [-0.15, -0.1) is 0 Å². The number of imidazole rings is 1. The number of fused-ring (bicyclic) bond motifs is 1. The second-order valence-electron chi connectivity index (χ2n) is 6.96. The smallest absolute Gasteiger partial charge is 0.244 e. The maximum Gasteiger partial charge on any atom is 0.244 e. The van der Waals surface area contributed by atoms with Crippen LogP contribution in [0.15, 0.2) is 59.8 Å². The Morgan fingerprint density at radius 2 is 1.94 bits per heavy atom. The Morgan fingerprint density at radius 3 is 2.71 bits per heavy atom. The molecule has 0 aliphatic rings. The molecule has 1 heterocycles. The van der Waals surface area contributed by atoms with Crippen LogP contribution in [0.3, 0.4) is 0 Å². The molecule has 1 atom stereocenters. The summed E-state index contributed by atoms with van der Waals surface area (Å²) < 4.78 is 43.5. The van der Waals surface area contributed by atoms with Gasteiger partial charge in [-0.2, -0.15) is 16.5 Å². The van der Waals surface area contributed by atoms with Gasteiger partial charge >= 0.3 is 0 Å². The fourth-order valence-electron chi connectivity index (χ4n) is 3.17. The number of nitrogens with zero attached hydrogens (tertiary/aromatic N) is 2. The molecule has 3 rings (SSSR count). The number of hydrogen-bond acceptors (Lipinski definition) is 5. The summed E-state index contributed by atoms with van der Waals surface area (Å²) in [6, 6.07) is 11.9. The van der Waals surface area contributed by atoms with Crippen molar-refractivity contribution in [1.82, 2.24) is 19.6 Å². The van der Waals surface area contributed by atoms with E-state index >= 15 is 0 Å².